The first-order chi connectivity index (χ1) is 13.1. The maximum atomic E-state index is 5.31. The molecule has 0 saturated heterocycles. The van der Waals surface area contributed by atoms with E-state index in [0.717, 1.165) is 30.4 Å². The van der Waals surface area contributed by atoms with E-state index in [1.54, 1.807) is 7.11 Å². The van der Waals surface area contributed by atoms with Crippen LogP contribution in [0.4, 0.5) is 5.69 Å². The van der Waals surface area contributed by atoms with E-state index < -0.39 is 0 Å². The molecule has 1 aliphatic carbocycles. The normalized spacial score (nSPS) is 16.8. The Kier molecular flexibility index (Phi) is 5.05. The predicted molar refractivity (Wildman–Crippen MR) is 110 cm³/mol. The first kappa shape index (κ1) is 17.9. The van der Waals surface area contributed by atoms with Gasteiger partial charge < -0.3 is 9.64 Å². The van der Waals surface area contributed by atoms with Gasteiger partial charge in [0.1, 0.15) is 5.75 Å². The van der Waals surface area contributed by atoms with E-state index in [-0.39, 0.29) is 0 Å². The fourth-order valence-corrected chi connectivity index (χ4v) is 3.40. The molecule has 0 atom stereocenters. The van der Waals surface area contributed by atoms with Crippen molar-refractivity contribution < 1.29 is 4.74 Å². The number of nitrogens with one attached hydrogen (secondary N) is 1. The van der Waals surface area contributed by atoms with Crippen molar-refractivity contribution in [2.24, 2.45) is 5.92 Å². The number of rotatable bonds is 7. The highest BCUT2D eigenvalue weighted by Crippen LogP contribution is 2.34. The number of benzene rings is 2. The monoisotopic (exact) mass is 364 g/mol. The van der Waals surface area contributed by atoms with Crippen molar-refractivity contribution in [1.29, 1.82) is 0 Å². The summed E-state index contributed by atoms with van der Waals surface area (Å²) in [6, 6.07) is 17.0. The van der Waals surface area contributed by atoms with Gasteiger partial charge in [0.05, 0.1) is 18.5 Å². The first-order valence-electron chi connectivity index (χ1n) is 9.55. The molecule has 142 valence electrons. The summed E-state index contributed by atoms with van der Waals surface area (Å²) in [5.74, 6) is 1.67. The van der Waals surface area contributed by atoms with Crippen LogP contribution in [0.3, 0.4) is 0 Å². The van der Waals surface area contributed by atoms with E-state index in [4.69, 9.17) is 4.74 Å². The second-order valence-electron chi connectivity index (χ2n) is 7.67. The third-order valence-corrected chi connectivity index (χ3v) is 4.98. The highest BCUT2D eigenvalue weighted by Gasteiger charge is 2.30. The average Bonchev–Trinajstić information content (AvgIpc) is 3.38. The zero-order valence-electron chi connectivity index (χ0n) is 16.4. The summed E-state index contributed by atoms with van der Waals surface area (Å²) in [6.07, 6.45) is 4.84. The van der Waals surface area contributed by atoms with Crippen LogP contribution in [-0.2, 0) is 6.54 Å². The highest BCUT2D eigenvalue weighted by molar-refractivity contribution is 5.70. The number of nitrogens with zero attached hydrogens (tertiary/aromatic N) is 3. The number of hydrogen-bond donors (Lipinski definition) is 1. The number of hydrazine groups is 2. The molecule has 0 bridgehead atoms. The van der Waals surface area contributed by atoms with E-state index in [1.165, 1.54) is 29.7 Å². The quantitative estimate of drug-likeness (QED) is 0.809. The zero-order valence-corrected chi connectivity index (χ0v) is 16.4. The van der Waals surface area contributed by atoms with Crippen LogP contribution in [0, 0.1) is 5.92 Å². The minimum Gasteiger partial charge on any atom is -0.497 e. The Balaban J connectivity index is 1.60. The molecule has 0 radical (unpaired) electrons. The minimum absolute atomic E-state index is 0.791. The van der Waals surface area contributed by atoms with Gasteiger partial charge in [-0.15, -0.1) is 5.53 Å². The summed E-state index contributed by atoms with van der Waals surface area (Å²) in [4.78, 5) is 2.19. The standard InChI is InChI=1S/C22H28N4O/c1-24(2)14-18-5-4-6-20(13-18)25-16-22(26(23-25)15-17-7-8-17)19-9-11-21(27-3)12-10-19/h4-6,9-13,16-17,23H,7-8,14-15H2,1-3H3. The fraction of sp³-hybridized carbons (Fsp3) is 0.364. The van der Waals surface area contributed by atoms with Gasteiger partial charge in [0, 0.05) is 24.9 Å². The molecule has 2 aromatic carbocycles. The lowest BCUT2D eigenvalue weighted by atomic mass is 10.1. The Morgan fingerprint density at radius 3 is 2.56 bits per heavy atom. The molecule has 2 aliphatic rings. The van der Waals surface area contributed by atoms with Gasteiger partial charge >= 0.3 is 0 Å². The lowest BCUT2D eigenvalue weighted by Crippen LogP contribution is -2.41. The average molecular weight is 364 g/mol. The lowest BCUT2D eigenvalue weighted by Gasteiger charge is -2.25. The number of methoxy groups -OCH3 is 1. The summed E-state index contributed by atoms with van der Waals surface area (Å²) < 4.78 is 5.31. The van der Waals surface area contributed by atoms with Crippen LogP contribution >= 0.6 is 0 Å². The van der Waals surface area contributed by atoms with Crippen LogP contribution in [0.1, 0.15) is 24.0 Å². The Labute approximate surface area is 161 Å². The molecule has 1 N–H and O–H groups in total. The van der Waals surface area contributed by atoms with Gasteiger partial charge in [-0.1, -0.05) is 12.1 Å². The largest absolute Gasteiger partial charge is 0.497 e. The van der Waals surface area contributed by atoms with Gasteiger partial charge in [0.15, 0.2) is 0 Å². The molecule has 0 aromatic heterocycles. The van der Waals surface area contributed by atoms with Crippen LogP contribution in [-0.4, -0.2) is 37.7 Å². The maximum absolute atomic E-state index is 5.31. The van der Waals surface area contributed by atoms with Gasteiger partial charge in [0.2, 0.25) is 0 Å². The second kappa shape index (κ2) is 7.62. The van der Waals surface area contributed by atoms with Gasteiger partial charge in [-0.2, -0.15) is 0 Å². The summed E-state index contributed by atoms with van der Waals surface area (Å²) >= 11 is 0. The first-order valence-corrected chi connectivity index (χ1v) is 9.55. The number of ether oxygens (including phenoxy) is 1. The van der Waals surface area contributed by atoms with Crippen molar-refractivity contribution >= 4 is 11.4 Å². The van der Waals surface area contributed by atoms with Crippen LogP contribution < -0.4 is 15.3 Å². The molecule has 27 heavy (non-hydrogen) atoms. The number of hydrogen-bond acceptors (Lipinski definition) is 5. The molecule has 5 heteroatoms. The molecule has 0 amide bonds. The Morgan fingerprint density at radius 2 is 1.89 bits per heavy atom. The zero-order chi connectivity index (χ0) is 18.8. The minimum atomic E-state index is 0.791. The third-order valence-electron chi connectivity index (χ3n) is 4.98. The van der Waals surface area contributed by atoms with Crippen LogP contribution in [0.5, 0.6) is 5.75 Å². The van der Waals surface area contributed by atoms with Crippen molar-refractivity contribution in [2.75, 3.05) is 32.8 Å². The maximum Gasteiger partial charge on any atom is 0.118 e. The molecule has 0 spiro atoms. The number of anilines is 1. The molecule has 2 aromatic rings. The summed E-state index contributed by atoms with van der Waals surface area (Å²) in [5, 5.41) is 4.40. The molecule has 0 unspecified atom stereocenters. The van der Waals surface area contributed by atoms with Crippen molar-refractivity contribution in [1.82, 2.24) is 15.4 Å². The summed E-state index contributed by atoms with van der Waals surface area (Å²) in [7, 11) is 5.90. The van der Waals surface area contributed by atoms with Crippen LogP contribution in [0.15, 0.2) is 54.7 Å². The van der Waals surface area contributed by atoms with E-state index in [1.807, 2.05) is 12.1 Å². The Morgan fingerprint density at radius 1 is 1.11 bits per heavy atom. The van der Waals surface area contributed by atoms with Crippen molar-refractivity contribution in [2.45, 2.75) is 19.4 Å². The van der Waals surface area contributed by atoms with Gasteiger partial charge in [0.25, 0.3) is 0 Å². The summed E-state index contributed by atoms with van der Waals surface area (Å²) in [5.41, 5.74) is 8.41. The molecule has 1 heterocycles. The molecule has 1 fully saturated rings. The predicted octanol–water partition coefficient (Wildman–Crippen LogP) is 3.71. The lowest BCUT2D eigenvalue weighted by molar-refractivity contribution is 0.299. The molecular weight excluding hydrogens is 336 g/mol. The molecule has 4 rings (SSSR count). The topological polar surface area (TPSA) is 31.0 Å². The second-order valence-corrected chi connectivity index (χ2v) is 7.67. The van der Waals surface area contributed by atoms with E-state index in [2.05, 4.69) is 77.1 Å². The molecule has 5 nitrogen and oxygen atoms in total. The van der Waals surface area contributed by atoms with Crippen molar-refractivity contribution in [3.63, 3.8) is 0 Å². The smallest absolute Gasteiger partial charge is 0.118 e. The van der Waals surface area contributed by atoms with E-state index in [9.17, 15) is 0 Å². The summed E-state index contributed by atoms with van der Waals surface area (Å²) in [6.45, 7) is 1.97. The van der Waals surface area contributed by atoms with E-state index in [0.29, 0.717) is 0 Å². The van der Waals surface area contributed by atoms with Gasteiger partial charge in [-0.05, 0) is 74.8 Å². The Hall–Kier alpha value is -2.50. The highest BCUT2D eigenvalue weighted by atomic mass is 16.5. The van der Waals surface area contributed by atoms with Gasteiger partial charge in [-0.3, -0.25) is 10.0 Å². The van der Waals surface area contributed by atoms with E-state index >= 15 is 0 Å². The van der Waals surface area contributed by atoms with Crippen LogP contribution in [0.25, 0.3) is 5.70 Å². The SMILES string of the molecule is COc1ccc(C2=CN(c3cccc(CN(C)C)c3)NN2CC2CC2)cc1. The molecule has 1 saturated carbocycles. The fourth-order valence-electron chi connectivity index (χ4n) is 3.40. The van der Waals surface area contributed by atoms with Crippen LogP contribution in [0.2, 0.25) is 0 Å². The Bertz CT molecular complexity index is 811. The third kappa shape index (κ3) is 4.26. The van der Waals surface area contributed by atoms with Crippen molar-refractivity contribution in [3.05, 3.63) is 65.9 Å². The molecule has 1 aliphatic heterocycles. The van der Waals surface area contributed by atoms with Crippen molar-refractivity contribution in [3.8, 4) is 5.75 Å². The molecular formula is C22H28N4O. The van der Waals surface area contributed by atoms with Gasteiger partial charge in [-0.25, -0.2) is 0 Å².